The molecule has 1 heterocycles. The number of rotatable bonds is 4. The number of nitrogens with zero attached hydrogens (tertiary/aromatic N) is 1. The third-order valence-corrected chi connectivity index (χ3v) is 4.64. The standard InChI is InChI=1S/C19H12ClF3N2O4/c1-8-14(19(26)27)15(9-3-2-4-10(20)5-9)18(25(28)29)17(24-8)16-12(22)6-11(21)7-13(16)23/h2-7,15,24H,1H3,(H,26,27). The van der Waals surface area contributed by atoms with E-state index in [0.29, 0.717) is 12.1 Å². The van der Waals surface area contributed by atoms with Gasteiger partial charge in [-0.3, -0.25) is 10.1 Å². The SMILES string of the molecule is CC1=C(C(=O)O)C(c2cccc(Cl)c2)C([N+](=O)[O-])=C(c2c(F)cc(F)cc2F)N1. The van der Waals surface area contributed by atoms with Gasteiger partial charge in [0.05, 0.1) is 16.1 Å². The average Bonchev–Trinajstić information content (AvgIpc) is 2.59. The third kappa shape index (κ3) is 3.68. The molecule has 6 nitrogen and oxygen atoms in total. The van der Waals surface area contributed by atoms with Crippen LogP contribution in [0.1, 0.15) is 24.0 Å². The van der Waals surface area contributed by atoms with Gasteiger partial charge in [0.15, 0.2) is 0 Å². The van der Waals surface area contributed by atoms with Gasteiger partial charge in [-0.2, -0.15) is 0 Å². The molecule has 2 N–H and O–H groups in total. The van der Waals surface area contributed by atoms with Crippen molar-refractivity contribution in [1.82, 2.24) is 5.32 Å². The van der Waals surface area contributed by atoms with E-state index in [4.69, 9.17) is 11.6 Å². The molecular weight excluding hydrogens is 413 g/mol. The van der Waals surface area contributed by atoms with Crippen LogP contribution in [-0.2, 0) is 4.79 Å². The molecular formula is C19H12ClF3N2O4. The largest absolute Gasteiger partial charge is 0.478 e. The van der Waals surface area contributed by atoms with Crippen molar-refractivity contribution in [3.8, 4) is 0 Å². The maximum Gasteiger partial charge on any atom is 0.334 e. The molecule has 0 aromatic heterocycles. The first-order valence-electron chi connectivity index (χ1n) is 8.11. The number of benzene rings is 2. The quantitative estimate of drug-likeness (QED) is 0.559. The molecule has 0 bridgehead atoms. The van der Waals surface area contributed by atoms with Crippen LogP contribution < -0.4 is 5.32 Å². The minimum Gasteiger partial charge on any atom is -0.478 e. The van der Waals surface area contributed by atoms with E-state index >= 15 is 0 Å². The van der Waals surface area contributed by atoms with Gasteiger partial charge in [-0.15, -0.1) is 0 Å². The lowest BCUT2D eigenvalue weighted by molar-refractivity contribution is -0.428. The number of halogens is 4. The molecule has 150 valence electrons. The van der Waals surface area contributed by atoms with Gasteiger partial charge in [0.2, 0.25) is 0 Å². The molecule has 1 aliphatic heterocycles. The Morgan fingerprint density at radius 3 is 2.34 bits per heavy atom. The van der Waals surface area contributed by atoms with Crippen LogP contribution >= 0.6 is 11.6 Å². The zero-order valence-electron chi connectivity index (χ0n) is 14.7. The van der Waals surface area contributed by atoms with Crippen molar-refractivity contribution in [1.29, 1.82) is 0 Å². The number of dihydropyridines is 1. The topological polar surface area (TPSA) is 92.5 Å². The van der Waals surface area contributed by atoms with Gasteiger partial charge in [0.1, 0.15) is 29.1 Å². The minimum absolute atomic E-state index is 0.0637. The summed E-state index contributed by atoms with van der Waals surface area (Å²) in [5.74, 6) is -6.89. The van der Waals surface area contributed by atoms with Gasteiger partial charge in [-0.25, -0.2) is 18.0 Å². The fraction of sp³-hybridized carbons (Fsp3) is 0.105. The first kappa shape index (κ1) is 20.4. The van der Waals surface area contributed by atoms with E-state index in [1.165, 1.54) is 31.2 Å². The Bertz CT molecular complexity index is 1090. The lowest BCUT2D eigenvalue weighted by Crippen LogP contribution is -2.31. The second-order valence-electron chi connectivity index (χ2n) is 6.22. The Hall–Kier alpha value is -3.33. The highest BCUT2D eigenvalue weighted by Crippen LogP contribution is 2.42. The summed E-state index contributed by atoms with van der Waals surface area (Å²) in [6.07, 6.45) is 0. The van der Waals surface area contributed by atoms with Crippen molar-refractivity contribution < 1.29 is 28.0 Å². The summed E-state index contributed by atoms with van der Waals surface area (Å²) >= 11 is 5.95. The van der Waals surface area contributed by atoms with Crippen LogP contribution in [0.15, 0.2) is 53.4 Å². The van der Waals surface area contributed by atoms with E-state index in [0.717, 1.165) is 0 Å². The molecule has 10 heteroatoms. The predicted molar refractivity (Wildman–Crippen MR) is 97.9 cm³/mol. The second kappa shape index (κ2) is 7.59. The molecule has 0 spiro atoms. The maximum absolute atomic E-state index is 14.4. The molecule has 1 unspecified atom stereocenters. The number of nitro groups is 1. The molecule has 3 rings (SSSR count). The fourth-order valence-electron chi connectivity index (χ4n) is 3.28. The predicted octanol–water partition coefficient (Wildman–Crippen LogP) is 4.45. The summed E-state index contributed by atoms with van der Waals surface area (Å²) in [7, 11) is 0. The first-order valence-corrected chi connectivity index (χ1v) is 8.49. The van der Waals surface area contributed by atoms with Gasteiger partial charge >= 0.3 is 5.97 Å². The van der Waals surface area contributed by atoms with Crippen LogP contribution in [-0.4, -0.2) is 16.0 Å². The highest BCUT2D eigenvalue weighted by Gasteiger charge is 2.43. The molecule has 0 amide bonds. The van der Waals surface area contributed by atoms with Crippen LogP contribution in [0.4, 0.5) is 13.2 Å². The summed E-state index contributed by atoms with van der Waals surface area (Å²) in [5.41, 5.74) is -2.58. The van der Waals surface area contributed by atoms with Crippen LogP contribution in [0.2, 0.25) is 5.02 Å². The molecule has 0 aliphatic carbocycles. The van der Waals surface area contributed by atoms with Crippen molar-refractivity contribution in [2.24, 2.45) is 0 Å². The average molecular weight is 425 g/mol. The number of carboxylic acid groups (broad SMARTS) is 1. The molecule has 0 fully saturated rings. The first-order chi connectivity index (χ1) is 13.6. The zero-order valence-corrected chi connectivity index (χ0v) is 15.4. The summed E-state index contributed by atoms with van der Waals surface area (Å²) in [6.45, 7) is 1.30. The van der Waals surface area contributed by atoms with Crippen molar-refractivity contribution in [3.63, 3.8) is 0 Å². The number of aliphatic carboxylic acids is 1. The minimum atomic E-state index is -1.48. The van der Waals surface area contributed by atoms with Crippen molar-refractivity contribution in [3.05, 3.63) is 97.1 Å². The Morgan fingerprint density at radius 1 is 1.21 bits per heavy atom. The number of hydrogen-bond donors (Lipinski definition) is 2. The maximum atomic E-state index is 14.4. The van der Waals surface area contributed by atoms with Gasteiger partial charge in [0.25, 0.3) is 5.70 Å². The molecule has 2 aromatic carbocycles. The van der Waals surface area contributed by atoms with E-state index in [1.807, 2.05) is 0 Å². The highest BCUT2D eigenvalue weighted by molar-refractivity contribution is 6.30. The van der Waals surface area contributed by atoms with E-state index < -0.39 is 51.2 Å². The number of carbonyl (C=O) groups is 1. The number of nitrogens with one attached hydrogen (secondary N) is 1. The summed E-state index contributed by atoms with van der Waals surface area (Å²) in [4.78, 5) is 22.8. The highest BCUT2D eigenvalue weighted by atomic mass is 35.5. The normalized spacial score (nSPS) is 16.7. The summed E-state index contributed by atoms with van der Waals surface area (Å²) in [5, 5.41) is 24.1. The molecule has 29 heavy (non-hydrogen) atoms. The summed E-state index contributed by atoms with van der Waals surface area (Å²) < 4.78 is 42.1. The van der Waals surface area contributed by atoms with Crippen molar-refractivity contribution in [2.75, 3.05) is 0 Å². The van der Waals surface area contributed by atoms with E-state index in [1.54, 1.807) is 0 Å². The second-order valence-corrected chi connectivity index (χ2v) is 6.66. The summed E-state index contributed by atoms with van der Waals surface area (Å²) in [6, 6.07) is 6.45. The van der Waals surface area contributed by atoms with Crippen LogP contribution in [0.3, 0.4) is 0 Å². The van der Waals surface area contributed by atoms with Gasteiger partial charge in [-0.1, -0.05) is 23.7 Å². The molecule has 1 aliphatic rings. The zero-order chi connectivity index (χ0) is 21.5. The van der Waals surface area contributed by atoms with E-state index in [-0.39, 0.29) is 21.9 Å². The van der Waals surface area contributed by atoms with Crippen molar-refractivity contribution >= 4 is 23.3 Å². The lowest BCUT2D eigenvalue weighted by atomic mass is 9.83. The lowest BCUT2D eigenvalue weighted by Gasteiger charge is -2.27. The third-order valence-electron chi connectivity index (χ3n) is 4.40. The Labute approximate surface area is 167 Å². The van der Waals surface area contributed by atoms with E-state index in [2.05, 4.69) is 5.32 Å². The fourth-order valence-corrected chi connectivity index (χ4v) is 3.48. The molecule has 0 saturated heterocycles. The number of hydrogen-bond acceptors (Lipinski definition) is 4. The van der Waals surface area contributed by atoms with Gasteiger partial charge in [-0.05, 0) is 24.6 Å². The molecule has 1 atom stereocenters. The van der Waals surface area contributed by atoms with Crippen LogP contribution in [0.5, 0.6) is 0 Å². The van der Waals surface area contributed by atoms with E-state index in [9.17, 15) is 33.2 Å². The van der Waals surface area contributed by atoms with Gasteiger partial charge < -0.3 is 10.4 Å². The number of carboxylic acids is 1. The monoisotopic (exact) mass is 424 g/mol. The molecule has 0 radical (unpaired) electrons. The smallest absolute Gasteiger partial charge is 0.334 e. The van der Waals surface area contributed by atoms with Crippen LogP contribution in [0.25, 0.3) is 5.70 Å². The van der Waals surface area contributed by atoms with Crippen LogP contribution in [0, 0.1) is 27.6 Å². The van der Waals surface area contributed by atoms with Crippen molar-refractivity contribution in [2.45, 2.75) is 12.8 Å². The molecule has 0 saturated carbocycles. The molecule has 2 aromatic rings. The van der Waals surface area contributed by atoms with Gasteiger partial charge in [0, 0.05) is 22.9 Å². The Morgan fingerprint density at radius 2 is 1.83 bits per heavy atom. The number of allylic oxidation sites excluding steroid dienone is 2. The Balaban J connectivity index is 2.39. The Kier molecular flexibility index (Phi) is 5.34.